The summed E-state index contributed by atoms with van der Waals surface area (Å²) in [6.45, 7) is 19.4. The van der Waals surface area contributed by atoms with Gasteiger partial charge in [-0.1, -0.05) is 141 Å². The molecule has 162 valence electrons. The molecule has 30 heavy (non-hydrogen) atoms. The van der Waals surface area contributed by atoms with Crippen LogP contribution in [0.3, 0.4) is 0 Å². The van der Waals surface area contributed by atoms with Gasteiger partial charge in [0.1, 0.15) is 0 Å². The Morgan fingerprint density at radius 3 is 1.17 bits per heavy atom. The predicted octanol–water partition coefficient (Wildman–Crippen LogP) is 9.32. The van der Waals surface area contributed by atoms with Gasteiger partial charge in [0.05, 0.1) is 0 Å². The fraction of sp³-hybridized carbons (Fsp3) is 0.400. The van der Waals surface area contributed by atoms with Crippen molar-refractivity contribution >= 4 is 0 Å². The molecule has 0 spiro atoms. The number of benzene rings is 3. The first-order chi connectivity index (χ1) is 14.1. The molecule has 0 heterocycles. The van der Waals surface area contributed by atoms with Gasteiger partial charge in [-0.2, -0.15) is 0 Å². The summed E-state index contributed by atoms with van der Waals surface area (Å²) in [6, 6.07) is 27.9. The molecule has 4 rings (SSSR count). The smallest absolute Gasteiger partial charge is 0.00135 e. The summed E-state index contributed by atoms with van der Waals surface area (Å²) in [5.74, 6) is 0. The van der Waals surface area contributed by atoms with Crippen molar-refractivity contribution in [2.75, 3.05) is 0 Å². The lowest BCUT2D eigenvalue weighted by molar-refractivity contribution is 0.469. The Balaban J connectivity index is 0.000000237. The average Bonchev–Trinajstić information content (AvgIpc) is 3.08. The van der Waals surface area contributed by atoms with E-state index in [2.05, 4.69) is 127 Å². The van der Waals surface area contributed by atoms with E-state index in [-0.39, 0.29) is 0 Å². The SMILES string of the molecule is CC.CC(C)(C)C.CC(C)(C)c1ccccc1.c1ccc2c(c1)Cc1ccccc1-2. The lowest BCUT2D eigenvalue weighted by Crippen LogP contribution is -2.10. The molecule has 0 N–H and O–H groups in total. The van der Waals surface area contributed by atoms with E-state index in [9.17, 15) is 0 Å². The highest BCUT2D eigenvalue weighted by molar-refractivity contribution is 5.76. The lowest BCUT2D eigenvalue weighted by Gasteiger charge is -2.18. The van der Waals surface area contributed by atoms with Gasteiger partial charge in [0, 0.05) is 0 Å². The standard InChI is InChI=1S/C13H10.C10H14.C5H12.C2H6/c1-3-7-12-10(5-1)9-11-6-2-4-8-13(11)12;1-10(2,3)9-7-5-4-6-8-9;1-5(2,3)4;1-2/h1-8H,9H2;4-8H,1-3H3;1-4H3;1-2H3. The third-order valence-electron chi connectivity index (χ3n) is 4.35. The van der Waals surface area contributed by atoms with Crippen molar-refractivity contribution < 1.29 is 0 Å². The van der Waals surface area contributed by atoms with Crippen LogP contribution in [0.1, 0.15) is 79.0 Å². The van der Waals surface area contributed by atoms with E-state index in [1.54, 1.807) is 0 Å². The molecule has 3 aromatic rings. The number of fused-ring (bicyclic) bond motifs is 3. The summed E-state index contributed by atoms with van der Waals surface area (Å²) < 4.78 is 0. The minimum Gasteiger partial charge on any atom is -0.0683 e. The molecule has 0 atom stereocenters. The minimum atomic E-state index is 0.293. The molecule has 0 aromatic heterocycles. The zero-order valence-corrected chi connectivity index (χ0v) is 20.7. The topological polar surface area (TPSA) is 0 Å². The van der Waals surface area contributed by atoms with Crippen molar-refractivity contribution in [2.24, 2.45) is 5.41 Å². The van der Waals surface area contributed by atoms with E-state index in [1.165, 1.54) is 27.8 Å². The molecule has 0 radical (unpaired) electrons. The Labute approximate surface area is 186 Å². The fourth-order valence-corrected chi connectivity index (χ4v) is 3.02. The molecule has 0 amide bonds. The molecular formula is C30H42. The van der Waals surface area contributed by atoms with Crippen LogP contribution in [0, 0.1) is 5.41 Å². The van der Waals surface area contributed by atoms with Gasteiger partial charge in [-0.25, -0.2) is 0 Å². The zero-order valence-electron chi connectivity index (χ0n) is 20.7. The third kappa shape index (κ3) is 8.99. The largest absolute Gasteiger partial charge is 0.0683 e. The summed E-state index contributed by atoms with van der Waals surface area (Å²) in [5.41, 5.74) is 7.94. The monoisotopic (exact) mass is 402 g/mol. The Kier molecular flexibility index (Phi) is 10.1. The van der Waals surface area contributed by atoms with Crippen molar-refractivity contribution in [1.29, 1.82) is 0 Å². The van der Waals surface area contributed by atoms with Crippen molar-refractivity contribution in [1.82, 2.24) is 0 Å². The van der Waals surface area contributed by atoms with Crippen molar-refractivity contribution in [3.8, 4) is 11.1 Å². The van der Waals surface area contributed by atoms with Gasteiger partial charge < -0.3 is 0 Å². The molecule has 1 aliphatic rings. The second-order valence-corrected chi connectivity index (χ2v) is 10.1. The van der Waals surface area contributed by atoms with Gasteiger partial charge in [-0.05, 0) is 45.1 Å². The predicted molar refractivity (Wildman–Crippen MR) is 136 cm³/mol. The Morgan fingerprint density at radius 1 is 0.500 bits per heavy atom. The van der Waals surface area contributed by atoms with Crippen molar-refractivity contribution in [3.63, 3.8) is 0 Å². The maximum Gasteiger partial charge on any atom is -0.00135 e. The quantitative estimate of drug-likeness (QED) is 0.275. The van der Waals surface area contributed by atoms with Gasteiger partial charge in [0.2, 0.25) is 0 Å². The molecule has 0 unspecified atom stereocenters. The number of rotatable bonds is 0. The van der Waals surface area contributed by atoms with E-state index in [0.29, 0.717) is 10.8 Å². The molecule has 0 bridgehead atoms. The Morgan fingerprint density at radius 2 is 0.833 bits per heavy atom. The summed E-state index contributed by atoms with van der Waals surface area (Å²) in [7, 11) is 0. The van der Waals surface area contributed by atoms with E-state index in [4.69, 9.17) is 0 Å². The summed E-state index contributed by atoms with van der Waals surface area (Å²) in [6.07, 6.45) is 1.10. The molecule has 0 heteroatoms. The summed E-state index contributed by atoms with van der Waals surface area (Å²) in [4.78, 5) is 0. The zero-order chi connectivity index (χ0) is 22.8. The second-order valence-electron chi connectivity index (χ2n) is 10.1. The third-order valence-corrected chi connectivity index (χ3v) is 4.35. The molecule has 0 saturated heterocycles. The maximum absolute atomic E-state index is 2.22. The average molecular weight is 403 g/mol. The molecule has 0 fully saturated rings. The fourth-order valence-electron chi connectivity index (χ4n) is 3.02. The van der Waals surface area contributed by atoms with Crippen LogP contribution in [0.4, 0.5) is 0 Å². The Bertz CT molecular complexity index is 809. The van der Waals surface area contributed by atoms with Crippen LogP contribution in [-0.4, -0.2) is 0 Å². The van der Waals surface area contributed by atoms with E-state index in [0.717, 1.165) is 6.42 Å². The summed E-state index contributed by atoms with van der Waals surface area (Å²) in [5, 5.41) is 0. The highest BCUT2D eigenvalue weighted by atomic mass is 14.2. The van der Waals surface area contributed by atoms with Gasteiger partial charge >= 0.3 is 0 Å². The first kappa shape index (κ1) is 25.7. The first-order valence-corrected chi connectivity index (χ1v) is 11.3. The minimum absolute atomic E-state index is 0.293. The highest BCUT2D eigenvalue weighted by Gasteiger charge is 2.15. The molecule has 0 saturated carbocycles. The molecule has 0 nitrogen and oxygen atoms in total. The van der Waals surface area contributed by atoms with E-state index < -0.39 is 0 Å². The summed E-state index contributed by atoms with van der Waals surface area (Å²) >= 11 is 0. The van der Waals surface area contributed by atoms with Gasteiger partial charge in [-0.3, -0.25) is 0 Å². The number of hydrogen-bond donors (Lipinski definition) is 0. The van der Waals surface area contributed by atoms with Gasteiger partial charge in [0.15, 0.2) is 0 Å². The van der Waals surface area contributed by atoms with Crippen LogP contribution < -0.4 is 0 Å². The van der Waals surface area contributed by atoms with E-state index >= 15 is 0 Å². The van der Waals surface area contributed by atoms with Crippen LogP contribution in [0.15, 0.2) is 78.9 Å². The lowest BCUT2D eigenvalue weighted by atomic mass is 9.87. The van der Waals surface area contributed by atoms with Crippen LogP contribution in [0.5, 0.6) is 0 Å². The highest BCUT2D eigenvalue weighted by Crippen LogP contribution is 2.35. The number of hydrogen-bond acceptors (Lipinski definition) is 0. The van der Waals surface area contributed by atoms with Crippen LogP contribution in [0.2, 0.25) is 0 Å². The molecule has 1 aliphatic carbocycles. The first-order valence-electron chi connectivity index (χ1n) is 11.3. The van der Waals surface area contributed by atoms with Crippen LogP contribution >= 0.6 is 0 Å². The maximum atomic E-state index is 2.22. The Hall–Kier alpha value is -2.34. The van der Waals surface area contributed by atoms with Gasteiger partial charge in [0.25, 0.3) is 0 Å². The van der Waals surface area contributed by atoms with E-state index in [1.807, 2.05) is 13.8 Å². The van der Waals surface area contributed by atoms with Crippen molar-refractivity contribution in [3.05, 3.63) is 95.6 Å². The van der Waals surface area contributed by atoms with Crippen molar-refractivity contribution in [2.45, 2.75) is 74.1 Å². The molecular weight excluding hydrogens is 360 g/mol. The van der Waals surface area contributed by atoms with Crippen LogP contribution in [0.25, 0.3) is 11.1 Å². The second kappa shape index (κ2) is 11.7. The molecule has 0 aliphatic heterocycles. The molecule has 3 aromatic carbocycles. The van der Waals surface area contributed by atoms with Gasteiger partial charge in [-0.15, -0.1) is 0 Å². The normalized spacial score (nSPS) is 11.4. The van der Waals surface area contributed by atoms with Crippen LogP contribution in [-0.2, 0) is 11.8 Å².